The Labute approximate surface area is 116 Å². The van der Waals surface area contributed by atoms with E-state index >= 15 is 0 Å². The summed E-state index contributed by atoms with van der Waals surface area (Å²) in [5.74, 6) is 0.923. The molecular formula is C13H19F3N2S. The third-order valence-electron chi connectivity index (χ3n) is 3.00. The van der Waals surface area contributed by atoms with Gasteiger partial charge in [0.05, 0.1) is 5.56 Å². The van der Waals surface area contributed by atoms with Gasteiger partial charge in [0.1, 0.15) is 0 Å². The molecule has 0 fully saturated rings. The van der Waals surface area contributed by atoms with Crippen LogP contribution in [0, 0.1) is 0 Å². The van der Waals surface area contributed by atoms with Gasteiger partial charge in [-0.3, -0.25) is 4.90 Å². The lowest BCUT2D eigenvalue weighted by molar-refractivity contribution is -0.137. The molecule has 0 saturated heterocycles. The highest BCUT2D eigenvalue weighted by Gasteiger charge is 2.31. The number of halogens is 3. The first-order chi connectivity index (χ1) is 8.90. The highest BCUT2D eigenvalue weighted by Crippen LogP contribution is 2.31. The van der Waals surface area contributed by atoms with Crippen molar-refractivity contribution >= 4 is 11.8 Å². The van der Waals surface area contributed by atoms with E-state index in [4.69, 9.17) is 5.73 Å². The predicted molar refractivity (Wildman–Crippen MR) is 74.3 cm³/mol. The molecule has 6 heteroatoms. The van der Waals surface area contributed by atoms with Gasteiger partial charge in [-0.25, -0.2) is 0 Å². The molecule has 2 N–H and O–H groups in total. The van der Waals surface area contributed by atoms with Crippen LogP contribution in [0.2, 0.25) is 0 Å². The van der Waals surface area contributed by atoms with Gasteiger partial charge in [-0.15, -0.1) is 0 Å². The van der Waals surface area contributed by atoms with Gasteiger partial charge in [0.2, 0.25) is 0 Å². The van der Waals surface area contributed by atoms with Gasteiger partial charge >= 0.3 is 6.18 Å². The van der Waals surface area contributed by atoms with Crippen molar-refractivity contribution in [1.82, 2.24) is 4.90 Å². The first kappa shape index (κ1) is 16.3. The average molecular weight is 292 g/mol. The van der Waals surface area contributed by atoms with Crippen molar-refractivity contribution in [2.75, 3.05) is 32.1 Å². The Kier molecular flexibility index (Phi) is 6.16. The molecule has 1 aromatic rings. The van der Waals surface area contributed by atoms with Crippen molar-refractivity contribution in [2.45, 2.75) is 12.2 Å². The van der Waals surface area contributed by atoms with Crippen molar-refractivity contribution in [2.24, 2.45) is 5.73 Å². The summed E-state index contributed by atoms with van der Waals surface area (Å²) >= 11 is 1.70. The SMILES string of the molecule is CSCCN(C)C(CN)c1cccc(C(F)(F)F)c1. The Morgan fingerprint density at radius 3 is 2.58 bits per heavy atom. The molecule has 0 aliphatic rings. The molecule has 0 aliphatic heterocycles. The van der Waals surface area contributed by atoms with Crippen LogP contribution in [0.15, 0.2) is 24.3 Å². The van der Waals surface area contributed by atoms with Crippen molar-refractivity contribution < 1.29 is 13.2 Å². The van der Waals surface area contributed by atoms with E-state index in [1.165, 1.54) is 12.1 Å². The zero-order chi connectivity index (χ0) is 14.5. The Morgan fingerprint density at radius 2 is 2.05 bits per heavy atom. The third-order valence-corrected chi connectivity index (χ3v) is 3.59. The molecule has 0 spiro atoms. The maximum atomic E-state index is 12.7. The number of alkyl halides is 3. The van der Waals surface area contributed by atoms with Crippen molar-refractivity contribution in [3.05, 3.63) is 35.4 Å². The van der Waals surface area contributed by atoms with E-state index in [0.29, 0.717) is 12.1 Å². The standard InChI is InChI=1S/C13H19F3N2S/c1-18(6-7-19-2)12(9-17)10-4-3-5-11(8-10)13(14,15)16/h3-5,8,12H,6-7,9,17H2,1-2H3. The van der Waals surface area contributed by atoms with E-state index < -0.39 is 11.7 Å². The van der Waals surface area contributed by atoms with E-state index in [1.54, 1.807) is 17.8 Å². The molecule has 1 rings (SSSR count). The van der Waals surface area contributed by atoms with Crippen LogP contribution in [0.3, 0.4) is 0 Å². The number of benzene rings is 1. The van der Waals surface area contributed by atoms with Crippen LogP contribution in [0.1, 0.15) is 17.2 Å². The molecule has 0 heterocycles. The number of hydrogen-bond acceptors (Lipinski definition) is 3. The first-order valence-corrected chi connectivity index (χ1v) is 7.36. The number of likely N-dealkylation sites (N-methyl/N-ethyl adjacent to an activating group) is 1. The van der Waals surface area contributed by atoms with Gasteiger partial charge < -0.3 is 5.73 Å². The summed E-state index contributed by atoms with van der Waals surface area (Å²) in [7, 11) is 1.88. The largest absolute Gasteiger partial charge is 0.416 e. The minimum absolute atomic E-state index is 0.186. The van der Waals surface area contributed by atoms with Gasteiger partial charge in [0.25, 0.3) is 0 Å². The second-order valence-electron chi connectivity index (χ2n) is 4.35. The number of nitrogens with two attached hydrogens (primary N) is 1. The summed E-state index contributed by atoms with van der Waals surface area (Å²) in [5.41, 5.74) is 5.70. The molecule has 0 aliphatic carbocycles. The highest BCUT2D eigenvalue weighted by atomic mass is 32.2. The maximum Gasteiger partial charge on any atom is 0.416 e. The van der Waals surface area contributed by atoms with Gasteiger partial charge in [0.15, 0.2) is 0 Å². The van der Waals surface area contributed by atoms with E-state index in [0.717, 1.165) is 18.4 Å². The molecule has 0 aromatic heterocycles. The maximum absolute atomic E-state index is 12.7. The van der Waals surface area contributed by atoms with E-state index in [2.05, 4.69) is 0 Å². The monoisotopic (exact) mass is 292 g/mol. The number of thioether (sulfide) groups is 1. The normalized spacial score (nSPS) is 13.8. The number of hydrogen-bond donors (Lipinski definition) is 1. The molecule has 1 atom stereocenters. The molecule has 0 amide bonds. The lowest BCUT2D eigenvalue weighted by Gasteiger charge is -2.27. The van der Waals surface area contributed by atoms with Crippen molar-refractivity contribution in [1.29, 1.82) is 0 Å². The van der Waals surface area contributed by atoms with Crippen LogP contribution < -0.4 is 5.73 Å². The smallest absolute Gasteiger partial charge is 0.329 e. The summed E-state index contributed by atoms with van der Waals surface area (Å²) in [6.45, 7) is 1.09. The molecule has 1 aromatic carbocycles. The zero-order valence-corrected chi connectivity index (χ0v) is 11.9. The second kappa shape index (κ2) is 7.17. The van der Waals surface area contributed by atoms with Crippen LogP contribution in [-0.2, 0) is 6.18 Å². The Hall–Kier alpha value is -0.720. The molecule has 2 nitrogen and oxygen atoms in total. The van der Waals surface area contributed by atoms with Gasteiger partial charge in [-0.1, -0.05) is 12.1 Å². The Balaban J connectivity index is 2.92. The Bertz CT molecular complexity index is 396. The van der Waals surface area contributed by atoms with Crippen LogP contribution in [0.5, 0.6) is 0 Å². The van der Waals surface area contributed by atoms with Crippen LogP contribution in [-0.4, -0.2) is 37.0 Å². The first-order valence-electron chi connectivity index (χ1n) is 5.96. The van der Waals surface area contributed by atoms with Crippen LogP contribution >= 0.6 is 11.8 Å². The van der Waals surface area contributed by atoms with Crippen molar-refractivity contribution in [3.63, 3.8) is 0 Å². The molecule has 0 saturated carbocycles. The summed E-state index contributed by atoms with van der Waals surface area (Å²) < 4.78 is 38.1. The molecule has 108 valence electrons. The fourth-order valence-corrected chi connectivity index (χ4v) is 2.35. The summed E-state index contributed by atoms with van der Waals surface area (Å²) in [5, 5.41) is 0. The zero-order valence-electron chi connectivity index (χ0n) is 11.1. The molecule has 19 heavy (non-hydrogen) atoms. The minimum Gasteiger partial charge on any atom is -0.329 e. The quantitative estimate of drug-likeness (QED) is 0.874. The summed E-state index contributed by atoms with van der Waals surface area (Å²) in [6, 6.07) is 5.21. The van der Waals surface area contributed by atoms with Crippen LogP contribution in [0.4, 0.5) is 13.2 Å². The average Bonchev–Trinajstić information content (AvgIpc) is 2.36. The van der Waals surface area contributed by atoms with E-state index in [9.17, 15) is 13.2 Å². The van der Waals surface area contributed by atoms with Crippen LogP contribution in [0.25, 0.3) is 0 Å². The van der Waals surface area contributed by atoms with Gasteiger partial charge in [0, 0.05) is 24.9 Å². The highest BCUT2D eigenvalue weighted by molar-refractivity contribution is 7.98. The van der Waals surface area contributed by atoms with E-state index in [-0.39, 0.29) is 6.04 Å². The predicted octanol–water partition coefficient (Wildman–Crippen LogP) is 3.00. The fourth-order valence-electron chi connectivity index (χ4n) is 1.88. The van der Waals surface area contributed by atoms with E-state index in [1.807, 2.05) is 18.2 Å². The molecular weight excluding hydrogens is 273 g/mol. The third kappa shape index (κ3) is 4.71. The number of rotatable bonds is 6. The molecule has 0 radical (unpaired) electrons. The second-order valence-corrected chi connectivity index (χ2v) is 5.33. The summed E-state index contributed by atoms with van der Waals surface area (Å²) in [6.07, 6.45) is -2.32. The van der Waals surface area contributed by atoms with Gasteiger partial charge in [-0.2, -0.15) is 24.9 Å². The Morgan fingerprint density at radius 1 is 1.37 bits per heavy atom. The lowest BCUT2D eigenvalue weighted by atomic mass is 10.0. The van der Waals surface area contributed by atoms with Gasteiger partial charge in [-0.05, 0) is 31.0 Å². The minimum atomic E-state index is -4.31. The number of nitrogens with zero attached hydrogens (tertiary/aromatic N) is 1. The van der Waals surface area contributed by atoms with Crippen molar-refractivity contribution in [3.8, 4) is 0 Å². The molecule has 1 unspecified atom stereocenters. The molecule has 0 bridgehead atoms. The topological polar surface area (TPSA) is 29.3 Å². The summed E-state index contributed by atoms with van der Waals surface area (Å²) in [4.78, 5) is 1.99. The fraction of sp³-hybridized carbons (Fsp3) is 0.538. The lowest BCUT2D eigenvalue weighted by Crippen LogP contribution is -2.32.